The van der Waals surface area contributed by atoms with Crippen molar-refractivity contribution in [2.45, 2.75) is 31.7 Å². The molecular weight excluding hydrogens is 316 g/mol. The Balaban J connectivity index is 1.45. The first kappa shape index (κ1) is 18.1. The number of hydrogen-bond acceptors (Lipinski definition) is 5. The number of piperazine rings is 1. The molecule has 0 aliphatic carbocycles. The summed E-state index contributed by atoms with van der Waals surface area (Å²) in [6.45, 7) is 6.71. The van der Waals surface area contributed by atoms with E-state index >= 15 is 0 Å². The molecule has 1 aliphatic rings. The summed E-state index contributed by atoms with van der Waals surface area (Å²) < 4.78 is 1.76. The van der Waals surface area contributed by atoms with Gasteiger partial charge < -0.3 is 10.2 Å². The van der Waals surface area contributed by atoms with Crippen LogP contribution in [0.3, 0.4) is 0 Å². The minimum Gasteiger partial charge on any atom is -0.390 e. The summed E-state index contributed by atoms with van der Waals surface area (Å²) in [5, 5.41) is 24.8. The lowest BCUT2D eigenvalue weighted by molar-refractivity contribution is 0.0167. The van der Waals surface area contributed by atoms with Crippen molar-refractivity contribution in [2.24, 2.45) is 0 Å². The fourth-order valence-corrected chi connectivity index (χ4v) is 3.49. The highest BCUT2D eigenvalue weighted by Crippen LogP contribution is 2.18. The molecule has 3 atom stereocenters. The highest BCUT2D eigenvalue weighted by atomic mass is 16.3. The molecule has 1 fully saturated rings. The average Bonchev–Trinajstić information content (AvgIpc) is 3.11. The summed E-state index contributed by atoms with van der Waals surface area (Å²) in [4.78, 5) is 4.62. The van der Waals surface area contributed by atoms with Crippen molar-refractivity contribution in [1.29, 1.82) is 0 Å². The van der Waals surface area contributed by atoms with Gasteiger partial charge in [0.2, 0.25) is 0 Å². The van der Waals surface area contributed by atoms with E-state index in [2.05, 4.69) is 21.8 Å². The maximum absolute atomic E-state index is 10.4. The van der Waals surface area contributed by atoms with Crippen LogP contribution in [0.25, 0.3) is 0 Å². The second-order valence-electron chi connectivity index (χ2n) is 6.91. The van der Waals surface area contributed by atoms with E-state index in [0.29, 0.717) is 25.7 Å². The van der Waals surface area contributed by atoms with Gasteiger partial charge in [-0.2, -0.15) is 5.10 Å². The third-order valence-corrected chi connectivity index (χ3v) is 4.87. The molecule has 0 saturated carbocycles. The second kappa shape index (κ2) is 8.58. The lowest BCUT2D eigenvalue weighted by Gasteiger charge is -2.41. The van der Waals surface area contributed by atoms with E-state index in [4.69, 9.17) is 0 Å². The Bertz CT molecular complexity index is 620. The molecule has 0 amide bonds. The minimum atomic E-state index is -0.458. The molecule has 1 saturated heterocycles. The molecule has 1 aliphatic heterocycles. The summed E-state index contributed by atoms with van der Waals surface area (Å²) in [7, 11) is 0. The van der Waals surface area contributed by atoms with E-state index in [1.54, 1.807) is 10.9 Å². The van der Waals surface area contributed by atoms with E-state index in [1.807, 2.05) is 42.6 Å². The van der Waals surface area contributed by atoms with Crippen molar-refractivity contribution in [1.82, 2.24) is 19.6 Å². The molecule has 3 unspecified atom stereocenters. The van der Waals surface area contributed by atoms with Crippen LogP contribution in [0.15, 0.2) is 48.8 Å². The van der Waals surface area contributed by atoms with Gasteiger partial charge in [0.05, 0.1) is 18.8 Å². The zero-order valence-electron chi connectivity index (χ0n) is 14.8. The third kappa shape index (κ3) is 5.12. The van der Waals surface area contributed by atoms with Crippen molar-refractivity contribution in [3.05, 3.63) is 54.4 Å². The monoisotopic (exact) mass is 344 g/mol. The van der Waals surface area contributed by atoms with E-state index < -0.39 is 12.2 Å². The average molecular weight is 344 g/mol. The number of aromatic nitrogens is 2. The van der Waals surface area contributed by atoms with Gasteiger partial charge in [-0.05, 0) is 18.6 Å². The summed E-state index contributed by atoms with van der Waals surface area (Å²) in [6, 6.07) is 12.0. The smallest absolute Gasteiger partial charge is 0.0917 e. The van der Waals surface area contributed by atoms with Crippen molar-refractivity contribution >= 4 is 0 Å². The Morgan fingerprint density at radius 1 is 1.08 bits per heavy atom. The lowest BCUT2D eigenvalue weighted by Crippen LogP contribution is -2.54. The molecule has 2 heterocycles. The molecule has 2 aromatic rings. The maximum atomic E-state index is 10.4. The highest BCUT2D eigenvalue weighted by molar-refractivity contribution is 5.17. The minimum absolute atomic E-state index is 0.351. The number of aliphatic hydroxyl groups is 2. The Kier molecular flexibility index (Phi) is 6.20. The summed E-state index contributed by atoms with van der Waals surface area (Å²) in [5.74, 6) is 0. The van der Waals surface area contributed by atoms with Gasteiger partial charge in [0, 0.05) is 51.2 Å². The number of hydrogen-bond donors (Lipinski definition) is 2. The van der Waals surface area contributed by atoms with E-state index in [0.717, 1.165) is 25.2 Å². The largest absolute Gasteiger partial charge is 0.390 e. The molecule has 136 valence electrons. The van der Waals surface area contributed by atoms with Crippen LogP contribution in [-0.2, 0) is 6.54 Å². The summed E-state index contributed by atoms with van der Waals surface area (Å²) in [5.41, 5.74) is 0.965. The number of aliphatic hydroxyl groups excluding tert-OH is 2. The Morgan fingerprint density at radius 3 is 2.56 bits per heavy atom. The normalized spacial score (nSPS) is 22.0. The molecule has 2 N–H and O–H groups in total. The second-order valence-corrected chi connectivity index (χ2v) is 6.91. The van der Waals surface area contributed by atoms with Gasteiger partial charge in [-0.15, -0.1) is 0 Å². The van der Waals surface area contributed by atoms with E-state index in [1.165, 1.54) is 0 Å². The van der Waals surface area contributed by atoms with Crippen molar-refractivity contribution < 1.29 is 10.2 Å². The van der Waals surface area contributed by atoms with Gasteiger partial charge in [-0.1, -0.05) is 30.3 Å². The van der Waals surface area contributed by atoms with Crippen molar-refractivity contribution in [3.8, 4) is 0 Å². The highest BCUT2D eigenvalue weighted by Gasteiger charge is 2.26. The van der Waals surface area contributed by atoms with Crippen LogP contribution in [0.5, 0.6) is 0 Å². The van der Waals surface area contributed by atoms with Gasteiger partial charge in [-0.3, -0.25) is 14.5 Å². The molecule has 0 bridgehead atoms. The zero-order valence-corrected chi connectivity index (χ0v) is 14.8. The van der Waals surface area contributed by atoms with Gasteiger partial charge in [0.25, 0.3) is 0 Å². The first-order valence-electron chi connectivity index (χ1n) is 8.96. The standard InChI is InChI=1S/C19H28N4O2/c1-16-12-21(13-18(24)14-23-9-5-8-20-23)10-11-22(16)15-19(25)17-6-3-2-4-7-17/h2-9,16,18-19,24-25H,10-15H2,1H3. The van der Waals surface area contributed by atoms with Gasteiger partial charge >= 0.3 is 0 Å². The van der Waals surface area contributed by atoms with Crippen LogP contribution < -0.4 is 0 Å². The molecule has 1 aromatic heterocycles. The summed E-state index contributed by atoms with van der Waals surface area (Å²) >= 11 is 0. The molecule has 6 heteroatoms. The molecular formula is C19H28N4O2. The molecule has 0 radical (unpaired) electrons. The Labute approximate surface area is 149 Å². The molecule has 1 aromatic carbocycles. The van der Waals surface area contributed by atoms with Gasteiger partial charge in [0.1, 0.15) is 0 Å². The topological polar surface area (TPSA) is 64.8 Å². The van der Waals surface area contributed by atoms with Crippen LogP contribution in [-0.4, -0.2) is 74.7 Å². The predicted octanol–water partition coefficient (Wildman–Crippen LogP) is 0.984. The van der Waals surface area contributed by atoms with Gasteiger partial charge in [-0.25, -0.2) is 0 Å². The van der Waals surface area contributed by atoms with Crippen LogP contribution >= 0.6 is 0 Å². The summed E-state index contributed by atoms with van der Waals surface area (Å²) in [6.07, 6.45) is 2.72. The molecule has 3 rings (SSSR count). The fraction of sp³-hybridized carbons (Fsp3) is 0.526. The maximum Gasteiger partial charge on any atom is 0.0917 e. The van der Waals surface area contributed by atoms with E-state index in [-0.39, 0.29) is 0 Å². The quantitative estimate of drug-likeness (QED) is 0.784. The molecule has 6 nitrogen and oxygen atoms in total. The third-order valence-electron chi connectivity index (χ3n) is 4.87. The number of nitrogens with zero attached hydrogens (tertiary/aromatic N) is 4. The SMILES string of the molecule is CC1CN(CC(O)Cn2cccn2)CCN1CC(O)c1ccccc1. The number of rotatable bonds is 7. The predicted molar refractivity (Wildman–Crippen MR) is 97.1 cm³/mol. The van der Waals surface area contributed by atoms with Crippen LogP contribution in [0, 0.1) is 0 Å². The van der Waals surface area contributed by atoms with Crippen molar-refractivity contribution in [2.75, 3.05) is 32.7 Å². The van der Waals surface area contributed by atoms with E-state index in [9.17, 15) is 10.2 Å². The lowest BCUT2D eigenvalue weighted by atomic mass is 10.1. The Morgan fingerprint density at radius 2 is 1.88 bits per heavy atom. The molecule has 0 spiro atoms. The van der Waals surface area contributed by atoms with Crippen LogP contribution in [0.2, 0.25) is 0 Å². The van der Waals surface area contributed by atoms with Gasteiger partial charge in [0.15, 0.2) is 0 Å². The van der Waals surface area contributed by atoms with Crippen LogP contribution in [0.4, 0.5) is 0 Å². The zero-order chi connectivity index (χ0) is 17.6. The first-order valence-corrected chi connectivity index (χ1v) is 8.96. The van der Waals surface area contributed by atoms with Crippen molar-refractivity contribution in [3.63, 3.8) is 0 Å². The first-order chi connectivity index (χ1) is 12.1. The fourth-order valence-electron chi connectivity index (χ4n) is 3.49. The Hall–Kier alpha value is -1.73. The molecule has 25 heavy (non-hydrogen) atoms. The van der Waals surface area contributed by atoms with Crippen LogP contribution in [0.1, 0.15) is 18.6 Å². The number of β-amino-alcohol motifs (C(OH)–C–C–N with tert-alkyl or cyclic N) is 2. The number of benzene rings is 1.